The van der Waals surface area contributed by atoms with E-state index < -0.39 is 17.2 Å². The standard InChI is InChI=1S/C11H11ClO3.Na/c1-10(2)11(15-10,9(13)14)7-5-3-4-6-8(7)12;/h3-6H,1-2H3,(H,13,14);/q;+1/p-1. The van der Waals surface area contributed by atoms with Gasteiger partial charge < -0.3 is 14.6 Å². The number of hydrogen-bond acceptors (Lipinski definition) is 3. The number of carbonyl (C=O) groups is 1. The molecule has 1 aliphatic heterocycles. The van der Waals surface area contributed by atoms with Gasteiger partial charge in [-0.1, -0.05) is 29.8 Å². The van der Waals surface area contributed by atoms with Crippen LogP contribution in [0.15, 0.2) is 24.3 Å². The molecule has 0 aromatic heterocycles. The smallest absolute Gasteiger partial charge is 0.546 e. The summed E-state index contributed by atoms with van der Waals surface area (Å²) in [4.78, 5) is 11.2. The second-order valence-corrected chi connectivity index (χ2v) is 4.47. The Morgan fingerprint density at radius 1 is 1.38 bits per heavy atom. The number of halogens is 1. The third-order valence-electron chi connectivity index (χ3n) is 2.76. The van der Waals surface area contributed by atoms with Crippen molar-refractivity contribution in [3.63, 3.8) is 0 Å². The molecule has 1 aromatic rings. The van der Waals surface area contributed by atoms with E-state index in [1.54, 1.807) is 38.1 Å². The molecule has 80 valence electrons. The van der Waals surface area contributed by atoms with Crippen LogP contribution in [0.5, 0.6) is 0 Å². The summed E-state index contributed by atoms with van der Waals surface area (Å²) in [6.45, 7) is 3.40. The van der Waals surface area contributed by atoms with Gasteiger partial charge in [-0.2, -0.15) is 0 Å². The number of epoxide rings is 1. The summed E-state index contributed by atoms with van der Waals surface area (Å²) in [5.41, 5.74) is -1.71. The maximum absolute atomic E-state index is 11.2. The number of aliphatic carboxylic acids is 1. The molecule has 1 atom stereocenters. The largest absolute Gasteiger partial charge is 1.00 e. The first-order valence-electron chi connectivity index (χ1n) is 4.58. The Morgan fingerprint density at radius 3 is 2.25 bits per heavy atom. The normalized spacial score (nSPS) is 25.7. The van der Waals surface area contributed by atoms with Gasteiger partial charge in [-0.15, -0.1) is 0 Å². The molecule has 0 aliphatic carbocycles. The first-order chi connectivity index (χ1) is 6.92. The second kappa shape index (κ2) is 4.31. The molecule has 3 nitrogen and oxygen atoms in total. The summed E-state index contributed by atoms with van der Waals surface area (Å²) < 4.78 is 5.27. The Labute approximate surface area is 121 Å². The van der Waals surface area contributed by atoms with Gasteiger partial charge in [0.1, 0.15) is 5.60 Å². The summed E-state index contributed by atoms with van der Waals surface area (Å²) in [7, 11) is 0. The zero-order chi connectivity index (χ0) is 11.3. The molecule has 0 bridgehead atoms. The van der Waals surface area contributed by atoms with Gasteiger partial charge in [-0.3, -0.25) is 0 Å². The van der Waals surface area contributed by atoms with Crippen LogP contribution in [-0.4, -0.2) is 11.6 Å². The zero-order valence-corrected chi connectivity index (χ0v) is 12.2. The van der Waals surface area contributed by atoms with Gasteiger partial charge in [0.2, 0.25) is 0 Å². The number of carboxylic acids is 1. The maximum Gasteiger partial charge on any atom is 1.00 e. The molecule has 0 amide bonds. The molecule has 1 saturated heterocycles. The predicted molar refractivity (Wildman–Crippen MR) is 53.3 cm³/mol. The van der Waals surface area contributed by atoms with Crippen LogP contribution in [0.1, 0.15) is 19.4 Å². The van der Waals surface area contributed by atoms with Crippen molar-refractivity contribution in [1.29, 1.82) is 0 Å². The molecule has 5 heteroatoms. The molecule has 2 rings (SSSR count). The number of hydrogen-bond donors (Lipinski definition) is 0. The van der Waals surface area contributed by atoms with E-state index in [9.17, 15) is 9.90 Å². The summed E-state index contributed by atoms with van der Waals surface area (Å²) >= 11 is 5.95. The molecule has 1 aromatic carbocycles. The Kier molecular flexibility index (Phi) is 3.78. The zero-order valence-electron chi connectivity index (χ0n) is 9.41. The molecule has 1 heterocycles. The number of carbonyl (C=O) groups excluding carboxylic acids is 1. The third kappa shape index (κ3) is 1.81. The van der Waals surface area contributed by atoms with Crippen LogP contribution in [0.3, 0.4) is 0 Å². The monoisotopic (exact) mass is 248 g/mol. The van der Waals surface area contributed by atoms with Crippen molar-refractivity contribution >= 4 is 17.6 Å². The molecule has 1 fully saturated rings. The van der Waals surface area contributed by atoms with Crippen molar-refractivity contribution in [2.75, 3.05) is 0 Å². The van der Waals surface area contributed by atoms with Gasteiger partial charge >= 0.3 is 29.6 Å². The van der Waals surface area contributed by atoms with Crippen LogP contribution in [-0.2, 0) is 15.1 Å². The minimum Gasteiger partial charge on any atom is -0.546 e. The minimum absolute atomic E-state index is 0. The minimum atomic E-state index is -1.40. The van der Waals surface area contributed by atoms with Crippen molar-refractivity contribution in [2.24, 2.45) is 0 Å². The fourth-order valence-corrected chi connectivity index (χ4v) is 2.15. The molecule has 0 saturated carbocycles. The first kappa shape index (κ1) is 14.0. The van der Waals surface area contributed by atoms with Gasteiger partial charge in [-0.25, -0.2) is 0 Å². The molecule has 0 N–H and O–H groups in total. The number of ether oxygens (including phenoxy) is 1. The Morgan fingerprint density at radius 2 is 1.88 bits per heavy atom. The maximum atomic E-state index is 11.2. The van der Waals surface area contributed by atoms with Gasteiger partial charge in [0.05, 0.1) is 5.97 Å². The molecular weight excluding hydrogens is 239 g/mol. The summed E-state index contributed by atoms with van der Waals surface area (Å²) in [5.74, 6) is -1.25. The van der Waals surface area contributed by atoms with Crippen LogP contribution >= 0.6 is 11.6 Å². The van der Waals surface area contributed by atoms with Crippen LogP contribution in [0.4, 0.5) is 0 Å². The van der Waals surface area contributed by atoms with E-state index in [-0.39, 0.29) is 29.6 Å². The van der Waals surface area contributed by atoms with E-state index in [0.29, 0.717) is 10.6 Å². The fourth-order valence-electron chi connectivity index (χ4n) is 1.88. The second-order valence-electron chi connectivity index (χ2n) is 4.06. The van der Waals surface area contributed by atoms with Crippen molar-refractivity contribution in [1.82, 2.24) is 0 Å². The van der Waals surface area contributed by atoms with E-state index in [1.807, 2.05) is 0 Å². The number of carboxylic acid groups (broad SMARTS) is 1. The third-order valence-corrected chi connectivity index (χ3v) is 3.08. The number of rotatable bonds is 2. The fraction of sp³-hybridized carbons (Fsp3) is 0.364. The van der Waals surface area contributed by atoms with E-state index in [0.717, 1.165) is 0 Å². The van der Waals surface area contributed by atoms with E-state index in [4.69, 9.17) is 16.3 Å². The average Bonchev–Trinajstić information content (AvgIpc) is 2.71. The van der Waals surface area contributed by atoms with Gasteiger partial charge in [0.25, 0.3) is 0 Å². The van der Waals surface area contributed by atoms with Crippen LogP contribution < -0.4 is 34.7 Å². The van der Waals surface area contributed by atoms with Crippen molar-refractivity contribution in [2.45, 2.75) is 25.0 Å². The Bertz CT molecular complexity index is 433. The molecule has 16 heavy (non-hydrogen) atoms. The quantitative estimate of drug-likeness (QED) is 0.454. The van der Waals surface area contributed by atoms with E-state index in [2.05, 4.69) is 0 Å². The SMILES string of the molecule is CC1(C)OC1(C(=O)[O-])c1ccccc1Cl.[Na+]. The molecule has 0 spiro atoms. The van der Waals surface area contributed by atoms with Crippen LogP contribution in [0, 0.1) is 0 Å². The van der Waals surface area contributed by atoms with E-state index >= 15 is 0 Å². The molecule has 0 radical (unpaired) electrons. The Balaban J connectivity index is 0.00000128. The molecular formula is C11H10ClNaO3. The summed E-state index contributed by atoms with van der Waals surface area (Å²) in [6.07, 6.45) is 0. The van der Waals surface area contributed by atoms with E-state index in [1.165, 1.54) is 0 Å². The van der Waals surface area contributed by atoms with Gasteiger partial charge in [0, 0.05) is 10.6 Å². The Hall–Kier alpha value is -0.0600. The predicted octanol–water partition coefficient (Wildman–Crippen LogP) is -1.90. The van der Waals surface area contributed by atoms with Crippen LogP contribution in [0.2, 0.25) is 5.02 Å². The number of benzene rings is 1. The molecule has 1 unspecified atom stereocenters. The average molecular weight is 249 g/mol. The summed E-state index contributed by atoms with van der Waals surface area (Å²) in [6, 6.07) is 6.75. The van der Waals surface area contributed by atoms with Gasteiger partial charge in [-0.05, 0) is 19.9 Å². The van der Waals surface area contributed by atoms with Crippen molar-refractivity contribution in [3.05, 3.63) is 34.9 Å². The summed E-state index contributed by atoms with van der Waals surface area (Å²) in [5, 5.41) is 11.5. The van der Waals surface area contributed by atoms with Crippen LogP contribution in [0.25, 0.3) is 0 Å². The van der Waals surface area contributed by atoms with Gasteiger partial charge in [0.15, 0.2) is 5.60 Å². The van der Waals surface area contributed by atoms with Crippen molar-refractivity contribution < 1.29 is 44.2 Å². The molecule has 1 aliphatic rings. The topological polar surface area (TPSA) is 52.7 Å². The first-order valence-corrected chi connectivity index (χ1v) is 4.96. The van der Waals surface area contributed by atoms with Crippen molar-refractivity contribution in [3.8, 4) is 0 Å².